The summed E-state index contributed by atoms with van der Waals surface area (Å²) in [6.45, 7) is 0.413. The summed E-state index contributed by atoms with van der Waals surface area (Å²) in [5.41, 5.74) is 0.418. The van der Waals surface area contributed by atoms with E-state index in [1.807, 2.05) is 6.07 Å². The number of halogens is 2. The zero-order valence-corrected chi connectivity index (χ0v) is 9.17. The molecule has 0 aliphatic carbocycles. The van der Waals surface area contributed by atoms with E-state index in [1.54, 1.807) is 0 Å². The highest BCUT2D eigenvalue weighted by atomic mass is 19.2. The first-order valence-corrected chi connectivity index (χ1v) is 5.21. The van der Waals surface area contributed by atoms with Crippen molar-refractivity contribution in [2.45, 2.75) is 19.3 Å². The number of nitrogens with one attached hydrogen (secondary N) is 1. The van der Waals surface area contributed by atoms with Gasteiger partial charge >= 0.3 is 0 Å². The van der Waals surface area contributed by atoms with Crippen LogP contribution in [0.4, 0.5) is 8.78 Å². The molecule has 0 heterocycles. The second-order valence-electron chi connectivity index (χ2n) is 3.54. The topological polar surface area (TPSA) is 52.9 Å². The van der Waals surface area contributed by atoms with E-state index in [-0.39, 0.29) is 12.3 Å². The van der Waals surface area contributed by atoms with Gasteiger partial charge in [0.25, 0.3) is 0 Å². The van der Waals surface area contributed by atoms with Crippen LogP contribution in [0, 0.1) is 23.0 Å². The van der Waals surface area contributed by atoms with Gasteiger partial charge in [0.15, 0.2) is 11.6 Å². The second kappa shape index (κ2) is 6.59. The fourth-order valence-corrected chi connectivity index (χ4v) is 1.29. The van der Waals surface area contributed by atoms with Crippen LogP contribution in [0.1, 0.15) is 18.4 Å². The van der Waals surface area contributed by atoms with Crippen LogP contribution in [0.25, 0.3) is 0 Å². The highest BCUT2D eigenvalue weighted by Gasteiger charge is 2.06. The zero-order valence-electron chi connectivity index (χ0n) is 9.17. The predicted molar refractivity (Wildman–Crippen MR) is 57.9 cm³/mol. The fourth-order valence-electron chi connectivity index (χ4n) is 1.29. The number of nitriles is 1. The van der Waals surface area contributed by atoms with Gasteiger partial charge in [-0.05, 0) is 24.1 Å². The molecule has 0 aromatic heterocycles. The molecular weight excluding hydrogens is 226 g/mol. The Bertz CT molecular complexity index is 441. The van der Waals surface area contributed by atoms with Gasteiger partial charge in [0.05, 0.1) is 12.5 Å². The third-order valence-electron chi connectivity index (χ3n) is 2.14. The fraction of sp³-hybridized carbons (Fsp3) is 0.333. The van der Waals surface area contributed by atoms with Crippen molar-refractivity contribution in [2.24, 2.45) is 0 Å². The molecule has 0 saturated carbocycles. The molecule has 1 N–H and O–H groups in total. The van der Waals surface area contributed by atoms with Gasteiger partial charge in [-0.1, -0.05) is 6.07 Å². The Labute approximate surface area is 98.1 Å². The number of amides is 1. The smallest absolute Gasteiger partial charge is 0.224 e. The van der Waals surface area contributed by atoms with Crippen molar-refractivity contribution in [3.05, 3.63) is 35.4 Å². The molecule has 5 heteroatoms. The monoisotopic (exact) mass is 238 g/mol. The van der Waals surface area contributed by atoms with E-state index in [0.29, 0.717) is 24.9 Å². The normalized spacial score (nSPS) is 9.71. The van der Waals surface area contributed by atoms with Gasteiger partial charge in [-0.2, -0.15) is 5.26 Å². The van der Waals surface area contributed by atoms with E-state index in [1.165, 1.54) is 6.07 Å². The van der Waals surface area contributed by atoms with E-state index in [4.69, 9.17) is 5.26 Å². The minimum atomic E-state index is -0.959. The SMILES string of the molecule is N#CCCCNC(=O)Cc1ccc(F)c(F)c1. The number of nitrogens with zero attached hydrogens (tertiary/aromatic N) is 1. The predicted octanol–water partition coefficient (Wildman–Crippen LogP) is 1.93. The lowest BCUT2D eigenvalue weighted by atomic mass is 10.1. The van der Waals surface area contributed by atoms with Crippen molar-refractivity contribution in [1.29, 1.82) is 5.26 Å². The molecule has 1 rings (SSSR count). The van der Waals surface area contributed by atoms with E-state index in [0.717, 1.165) is 12.1 Å². The van der Waals surface area contributed by atoms with Crippen LogP contribution in [-0.4, -0.2) is 12.5 Å². The highest BCUT2D eigenvalue weighted by Crippen LogP contribution is 2.09. The van der Waals surface area contributed by atoms with Crippen LogP contribution in [0.15, 0.2) is 18.2 Å². The van der Waals surface area contributed by atoms with Gasteiger partial charge < -0.3 is 5.32 Å². The third-order valence-corrected chi connectivity index (χ3v) is 2.14. The lowest BCUT2D eigenvalue weighted by molar-refractivity contribution is -0.120. The standard InChI is InChI=1S/C12H12F2N2O/c13-10-4-3-9(7-11(10)14)8-12(17)16-6-2-1-5-15/h3-4,7H,1-2,6,8H2,(H,16,17). The number of carbonyl (C=O) groups is 1. The summed E-state index contributed by atoms with van der Waals surface area (Å²) in [7, 11) is 0. The summed E-state index contributed by atoms with van der Waals surface area (Å²) >= 11 is 0. The molecular formula is C12H12F2N2O. The van der Waals surface area contributed by atoms with Crippen molar-refractivity contribution in [3.63, 3.8) is 0 Å². The first-order chi connectivity index (χ1) is 8.13. The van der Waals surface area contributed by atoms with E-state index < -0.39 is 11.6 Å². The lowest BCUT2D eigenvalue weighted by Gasteiger charge is -2.04. The van der Waals surface area contributed by atoms with Crippen molar-refractivity contribution in [1.82, 2.24) is 5.32 Å². The summed E-state index contributed by atoms with van der Waals surface area (Å²) in [5, 5.41) is 10.9. The number of carbonyl (C=O) groups excluding carboxylic acids is 1. The number of hydrogen-bond acceptors (Lipinski definition) is 2. The summed E-state index contributed by atoms with van der Waals surface area (Å²) in [4.78, 5) is 11.4. The highest BCUT2D eigenvalue weighted by molar-refractivity contribution is 5.78. The molecule has 0 bridgehead atoms. The van der Waals surface area contributed by atoms with Gasteiger partial charge in [-0.3, -0.25) is 4.79 Å². The Balaban J connectivity index is 2.40. The van der Waals surface area contributed by atoms with Crippen LogP contribution >= 0.6 is 0 Å². The molecule has 0 fully saturated rings. The maximum absolute atomic E-state index is 12.8. The molecule has 0 saturated heterocycles. The Kier molecular flexibility index (Phi) is 5.08. The average Bonchev–Trinajstić information content (AvgIpc) is 2.30. The molecule has 0 aliphatic heterocycles. The van der Waals surface area contributed by atoms with Gasteiger partial charge in [0.2, 0.25) is 5.91 Å². The Hall–Kier alpha value is -1.96. The first-order valence-electron chi connectivity index (χ1n) is 5.21. The molecule has 1 aromatic rings. The van der Waals surface area contributed by atoms with Gasteiger partial charge in [0.1, 0.15) is 0 Å². The van der Waals surface area contributed by atoms with Crippen molar-refractivity contribution >= 4 is 5.91 Å². The van der Waals surface area contributed by atoms with Gasteiger partial charge in [-0.15, -0.1) is 0 Å². The van der Waals surface area contributed by atoms with Crippen LogP contribution in [-0.2, 0) is 11.2 Å². The third kappa shape index (κ3) is 4.60. The van der Waals surface area contributed by atoms with Crippen molar-refractivity contribution < 1.29 is 13.6 Å². The Morgan fingerprint density at radius 1 is 1.35 bits per heavy atom. The van der Waals surface area contributed by atoms with Gasteiger partial charge in [-0.25, -0.2) is 8.78 Å². The van der Waals surface area contributed by atoms with Crippen LogP contribution < -0.4 is 5.32 Å². The summed E-state index contributed by atoms with van der Waals surface area (Å²) in [6.07, 6.45) is 0.967. The summed E-state index contributed by atoms with van der Waals surface area (Å²) in [5.74, 6) is -2.16. The molecule has 90 valence electrons. The maximum Gasteiger partial charge on any atom is 0.224 e. The van der Waals surface area contributed by atoms with Crippen LogP contribution in [0.3, 0.4) is 0 Å². The Morgan fingerprint density at radius 3 is 2.76 bits per heavy atom. The van der Waals surface area contributed by atoms with Crippen molar-refractivity contribution in [3.8, 4) is 6.07 Å². The van der Waals surface area contributed by atoms with E-state index >= 15 is 0 Å². The maximum atomic E-state index is 12.8. The van der Waals surface area contributed by atoms with E-state index in [9.17, 15) is 13.6 Å². The molecule has 17 heavy (non-hydrogen) atoms. The molecule has 3 nitrogen and oxygen atoms in total. The molecule has 0 atom stereocenters. The van der Waals surface area contributed by atoms with Gasteiger partial charge in [0, 0.05) is 13.0 Å². The molecule has 0 unspecified atom stereocenters. The molecule has 0 spiro atoms. The zero-order chi connectivity index (χ0) is 12.7. The summed E-state index contributed by atoms with van der Waals surface area (Å²) in [6, 6.07) is 5.33. The minimum absolute atomic E-state index is 0.00372. The average molecular weight is 238 g/mol. The number of unbranched alkanes of at least 4 members (excludes halogenated alkanes) is 1. The molecule has 1 aromatic carbocycles. The first kappa shape index (κ1) is 13.1. The molecule has 0 aliphatic rings. The lowest BCUT2D eigenvalue weighted by Crippen LogP contribution is -2.26. The second-order valence-corrected chi connectivity index (χ2v) is 3.54. The molecule has 1 amide bonds. The largest absolute Gasteiger partial charge is 0.356 e. The van der Waals surface area contributed by atoms with Crippen LogP contribution in [0.2, 0.25) is 0 Å². The van der Waals surface area contributed by atoms with E-state index in [2.05, 4.69) is 5.32 Å². The number of rotatable bonds is 5. The van der Waals surface area contributed by atoms with Crippen LogP contribution in [0.5, 0.6) is 0 Å². The minimum Gasteiger partial charge on any atom is -0.356 e. The Morgan fingerprint density at radius 2 is 2.12 bits per heavy atom. The van der Waals surface area contributed by atoms with Crippen molar-refractivity contribution in [2.75, 3.05) is 6.54 Å². The summed E-state index contributed by atoms with van der Waals surface area (Å²) < 4.78 is 25.5. The number of hydrogen-bond donors (Lipinski definition) is 1. The number of benzene rings is 1. The molecule has 0 radical (unpaired) electrons. The quantitative estimate of drug-likeness (QED) is 0.797.